The van der Waals surface area contributed by atoms with Crippen LogP contribution in [0.4, 0.5) is 0 Å². The molecule has 2 aromatic carbocycles. The van der Waals surface area contributed by atoms with Crippen LogP contribution < -0.4 is 14.2 Å². The minimum atomic E-state index is -0.221. The number of hydrogen-bond donors (Lipinski definition) is 0. The van der Waals surface area contributed by atoms with E-state index in [4.69, 9.17) is 14.2 Å². The molecule has 0 spiro atoms. The van der Waals surface area contributed by atoms with E-state index >= 15 is 0 Å². The Balaban J connectivity index is 1.35. The zero-order valence-electron chi connectivity index (χ0n) is 20.5. The van der Waals surface area contributed by atoms with Gasteiger partial charge in [-0.15, -0.1) is 11.3 Å². The summed E-state index contributed by atoms with van der Waals surface area (Å²) in [7, 11) is 3.17. The van der Waals surface area contributed by atoms with Gasteiger partial charge in [-0.05, 0) is 60.5 Å². The highest BCUT2D eigenvalue weighted by molar-refractivity contribution is 7.10. The van der Waals surface area contributed by atoms with Crippen molar-refractivity contribution >= 4 is 23.2 Å². The summed E-state index contributed by atoms with van der Waals surface area (Å²) in [5.74, 6) is 1.69. The minimum absolute atomic E-state index is 0.0384. The number of amides is 2. The number of carbonyl (C=O) groups excluding carboxylic acids is 2. The largest absolute Gasteiger partial charge is 0.497 e. The maximum Gasteiger partial charge on any atom is 0.258 e. The van der Waals surface area contributed by atoms with Gasteiger partial charge in [0, 0.05) is 23.5 Å². The molecule has 3 aromatic rings. The highest BCUT2D eigenvalue weighted by Gasteiger charge is 2.38. The van der Waals surface area contributed by atoms with Gasteiger partial charge in [-0.2, -0.15) is 0 Å². The summed E-state index contributed by atoms with van der Waals surface area (Å²) in [4.78, 5) is 32.1. The van der Waals surface area contributed by atoms with E-state index in [2.05, 4.69) is 11.4 Å². The molecular formula is C28H30N2O5S. The fraction of sp³-hybridized carbons (Fsp3) is 0.357. The molecule has 188 valence electrons. The Morgan fingerprint density at radius 1 is 1.03 bits per heavy atom. The highest BCUT2D eigenvalue weighted by Crippen LogP contribution is 2.35. The average Bonchev–Trinajstić information content (AvgIpc) is 3.65. The van der Waals surface area contributed by atoms with Gasteiger partial charge in [0.25, 0.3) is 5.91 Å². The Morgan fingerprint density at radius 3 is 2.61 bits per heavy atom. The first kappa shape index (κ1) is 24.2. The van der Waals surface area contributed by atoms with Gasteiger partial charge in [0.15, 0.2) is 0 Å². The summed E-state index contributed by atoms with van der Waals surface area (Å²) < 4.78 is 16.9. The Hall–Kier alpha value is -3.52. The molecule has 8 heteroatoms. The number of ether oxygens (including phenoxy) is 3. The molecular weight excluding hydrogens is 476 g/mol. The smallest absolute Gasteiger partial charge is 0.258 e. The molecule has 1 aliphatic heterocycles. The third-order valence-corrected chi connectivity index (χ3v) is 7.75. The average molecular weight is 507 g/mol. The zero-order valence-corrected chi connectivity index (χ0v) is 21.3. The van der Waals surface area contributed by atoms with Crippen molar-refractivity contribution in [2.75, 3.05) is 33.9 Å². The summed E-state index contributed by atoms with van der Waals surface area (Å²) in [6.07, 6.45) is 2.62. The lowest BCUT2D eigenvalue weighted by Gasteiger charge is -2.37. The number of hydrogen-bond acceptors (Lipinski definition) is 6. The highest BCUT2D eigenvalue weighted by atomic mass is 32.1. The third-order valence-electron chi connectivity index (χ3n) is 6.76. The molecule has 0 radical (unpaired) electrons. The van der Waals surface area contributed by atoms with Gasteiger partial charge >= 0.3 is 0 Å². The van der Waals surface area contributed by atoms with Crippen LogP contribution in [0.25, 0.3) is 0 Å². The van der Waals surface area contributed by atoms with E-state index in [0.717, 1.165) is 30.6 Å². The Bertz CT molecular complexity index is 1240. The number of rotatable bonds is 9. The maximum absolute atomic E-state index is 13.7. The molecule has 2 aliphatic rings. The fourth-order valence-corrected chi connectivity index (χ4v) is 5.63. The molecule has 5 rings (SSSR count). The van der Waals surface area contributed by atoms with E-state index in [1.807, 2.05) is 41.3 Å². The van der Waals surface area contributed by atoms with Crippen LogP contribution in [-0.2, 0) is 11.2 Å². The Labute approximate surface area is 215 Å². The van der Waals surface area contributed by atoms with Crippen molar-refractivity contribution in [3.8, 4) is 17.2 Å². The second-order valence-electron chi connectivity index (χ2n) is 9.01. The van der Waals surface area contributed by atoms with Crippen LogP contribution in [0.5, 0.6) is 17.2 Å². The second kappa shape index (κ2) is 10.6. The van der Waals surface area contributed by atoms with Gasteiger partial charge in [-0.25, -0.2) is 0 Å². The number of fused-ring (bicyclic) bond motifs is 1. The van der Waals surface area contributed by atoms with Gasteiger partial charge in [0.05, 0.1) is 25.8 Å². The van der Waals surface area contributed by atoms with Crippen molar-refractivity contribution in [3.05, 3.63) is 76.0 Å². The fourth-order valence-electron chi connectivity index (χ4n) is 4.71. The van der Waals surface area contributed by atoms with Crippen molar-refractivity contribution in [2.45, 2.75) is 31.3 Å². The van der Waals surface area contributed by atoms with Crippen molar-refractivity contribution in [1.82, 2.24) is 9.80 Å². The molecule has 0 unspecified atom stereocenters. The van der Waals surface area contributed by atoms with Gasteiger partial charge in [-0.3, -0.25) is 9.59 Å². The topological polar surface area (TPSA) is 68.3 Å². The molecule has 0 saturated heterocycles. The molecule has 1 aromatic heterocycles. The summed E-state index contributed by atoms with van der Waals surface area (Å²) in [6.45, 7) is 0.961. The third kappa shape index (κ3) is 5.04. The monoisotopic (exact) mass is 506 g/mol. The molecule has 36 heavy (non-hydrogen) atoms. The van der Waals surface area contributed by atoms with E-state index in [1.54, 1.807) is 42.6 Å². The quantitative estimate of drug-likeness (QED) is 0.425. The van der Waals surface area contributed by atoms with Gasteiger partial charge in [0.2, 0.25) is 5.91 Å². The summed E-state index contributed by atoms with van der Waals surface area (Å²) in [6, 6.07) is 16.6. The van der Waals surface area contributed by atoms with Crippen molar-refractivity contribution in [2.24, 2.45) is 0 Å². The number of carbonyl (C=O) groups is 2. The van der Waals surface area contributed by atoms with Crippen molar-refractivity contribution in [1.29, 1.82) is 0 Å². The molecule has 2 amide bonds. The number of benzene rings is 2. The molecule has 0 N–H and O–H groups in total. The first-order valence-electron chi connectivity index (χ1n) is 12.2. The lowest BCUT2D eigenvalue weighted by molar-refractivity contribution is -0.135. The maximum atomic E-state index is 13.7. The van der Waals surface area contributed by atoms with Crippen LogP contribution in [-0.4, -0.2) is 61.6 Å². The summed E-state index contributed by atoms with van der Waals surface area (Å²) in [5, 5.41) is 2.07. The minimum Gasteiger partial charge on any atom is -0.497 e. The molecule has 1 fully saturated rings. The van der Waals surface area contributed by atoms with E-state index in [0.29, 0.717) is 30.2 Å². The lowest BCUT2D eigenvalue weighted by atomic mass is 10.0. The van der Waals surface area contributed by atoms with E-state index < -0.39 is 0 Å². The number of nitrogens with zero attached hydrogens (tertiary/aromatic N) is 2. The van der Waals surface area contributed by atoms with Crippen LogP contribution in [0.1, 0.15) is 39.7 Å². The Kier molecular flexibility index (Phi) is 7.13. The van der Waals surface area contributed by atoms with Gasteiger partial charge in [0.1, 0.15) is 30.4 Å². The van der Waals surface area contributed by atoms with Crippen LogP contribution in [0, 0.1) is 0 Å². The molecule has 7 nitrogen and oxygen atoms in total. The van der Waals surface area contributed by atoms with Gasteiger partial charge in [-0.1, -0.05) is 18.2 Å². The predicted molar refractivity (Wildman–Crippen MR) is 138 cm³/mol. The number of methoxy groups -OCH3 is 2. The van der Waals surface area contributed by atoms with Crippen LogP contribution >= 0.6 is 11.3 Å². The van der Waals surface area contributed by atoms with E-state index in [-0.39, 0.29) is 30.4 Å². The van der Waals surface area contributed by atoms with Crippen LogP contribution in [0.15, 0.2) is 60.0 Å². The van der Waals surface area contributed by atoms with Crippen molar-refractivity contribution < 1.29 is 23.8 Å². The molecule has 2 heterocycles. The zero-order chi connectivity index (χ0) is 25.1. The molecule has 1 aliphatic carbocycles. The van der Waals surface area contributed by atoms with Crippen LogP contribution in [0.2, 0.25) is 0 Å². The van der Waals surface area contributed by atoms with Crippen molar-refractivity contribution in [3.63, 3.8) is 0 Å². The second-order valence-corrected chi connectivity index (χ2v) is 10.0. The molecule has 1 saturated carbocycles. The van der Waals surface area contributed by atoms with E-state index in [1.165, 1.54) is 4.88 Å². The lowest BCUT2D eigenvalue weighted by Crippen LogP contribution is -2.48. The van der Waals surface area contributed by atoms with Crippen LogP contribution in [0.3, 0.4) is 0 Å². The SMILES string of the molecule is COc1cccc(OC[C@H]2c3ccsc3CCN2C(=O)CN(C(=O)c2ccccc2OC)C2CC2)c1. The number of para-hydroxylation sites is 1. The first-order chi connectivity index (χ1) is 17.6. The molecule has 1 atom stereocenters. The normalized spacial score (nSPS) is 16.7. The first-order valence-corrected chi connectivity index (χ1v) is 13.0. The summed E-state index contributed by atoms with van der Waals surface area (Å²) >= 11 is 1.71. The van der Waals surface area contributed by atoms with E-state index in [9.17, 15) is 9.59 Å². The molecule has 0 bridgehead atoms. The standard InChI is InChI=1S/C28H30N2O5S/c1-33-20-6-5-7-21(16-20)35-18-24-22-13-15-36-26(22)12-14-29(24)27(31)17-30(19-10-11-19)28(32)23-8-3-4-9-25(23)34-2/h3-9,13,15-16,19,24H,10-12,14,17-18H2,1-2H3/t24-/m0/s1. The summed E-state index contributed by atoms with van der Waals surface area (Å²) in [5.41, 5.74) is 1.60. The van der Waals surface area contributed by atoms with Gasteiger partial charge < -0.3 is 24.0 Å². The number of thiophene rings is 1. The Morgan fingerprint density at radius 2 is 1.83 bits per heavy atom. The predicted octanol–water partition coefficient (Wildman–Crippen LogP) is 4.57.